The number of carbonyl (C=O) groups is 1. The van der Waals surface area contributed by atoms with E-state index in [-0.39, 0.29) is 5.91 Å². The van der Waals surface area contributed by atoms with Crippen molar-refractivity contribution in [3.63, 3.8) is 0 Å². The SMILES string of the molecule is CCCNN1CCNCCN(C(C)=O)CC1. The molecule has 1 fully saturated rings. The summed E-state index contributed by atoms with van der Waals surface area (Å²) >= 11 is 0. The van der Waals surface area contributed by atoms with Gasteiger partial charge in [-0.05, 0) is 6.42 Å². The van der Waals surface area contributed by atoms with E-state index in [1.165, 1.54) is 0 Å². The molecule has 2 N–H and O–H groups in total. The van der Waals surface area contributed by atoms with E-state index in [1.54, 1.807) is 6.92 Å². The fourth-order valence-corrected chi connectivity index (χ4v) is 1.76. The second-order valence-electron chi connectivity index (χ2n) is 4.15. The molecule has 1 amide bonds. The van der Waals surface area contributed by atoms with Crippen molar-refractivity contribution < 1.29 is 4.79 Å². The minimum absolute atomic E-state index is 0.166. The molecule has 1 rings (SSSR count). The van der Waals surface area contributed by atoms with Crippen LogP contribution in [0.3, 0.4) is 0 Å². The second kappa shape index (κ2) is 7.60. The highest BCUT2D eigenvalue weighted by Gasteiger charge is 2.12. The molecule has 0 aliphatic carbocycles. The average Bonchev–Trinajstić information content (AvgIpc) is 2.37. The van der Waals surface area contributed by atoms with Crippen molar-refractivity contribution in [3.05, 3.63) is 0 Å². The van der Waals surface area contributed by atoms with Crippen LogP contribution in [-0.4, -0.2) is 61.6 Å². The van der Waals surface area contributed by atoms with Crippen LogP contribution < -0.4 is 10.7 Å². The zero-order valence-electron chi connectivity index (χ0n) is 10.5. The van der Waals surface area contributed by atoms with Gasteiger partial charge in [0.15, 0.2) is 0 Å². The Kier molecular flexibility index (Phi) is 6.37. The van der Waals surface area contributed by atoms with Crippen LogP contribution in [-0.2, 0) is 4.79 Å². The van der Waals surface area contributed by atoms with Crippen LogP contribution >= 0.6 is 0 Å². The lowest BCUT2D eigenvalue weighted by Crippen LogP contribution is -2.45. The standard InChI is InChI=1S/C11H24N4O/c1-3-4-13-15-8-6-12-5-7-14(9-10-15)11(2)16/h12-13H,3-10H2,1-2H3. The highest BCUT2D eigenvalue weighted by Crippen LogP contribution is 1.93. The first kappa shape index (κ1) is 13.4. The molecule has 0 spiro atoms. The summed E-state index contributed by atoms with van der Waals surface area (Å²) in [7, 11) is 0. The summed E-state index contributed by atoms with van der Waals surface area (Å²) in [6.07, 6.45) is 1.13. The van der Waals surface area contributed by atoms with Gasteiger partial charge >= 0.3 is 0 Å². The smallest absolute Gasteiger partial charge is 0.219 e. The summed E-state index contributed by atoms with van der Waals surface area (Å²) < 4.78 is 0. The van der Waals surface area contributed by atoms with Crippen LogP contribution in [0.5, 0.6) is 0 Å². The quantitative estimate of drug-likeness (QED) is 0.693. The number of rotatable bonds is 3. The zero-order valence-corrected chi connectivity index (χ0v) is 10.5. The lowest BCUT2D eigenvalue weighted by molar-refractivity contribution is -0.129. The summed E-state index contributed by atoms with van der Waals surface area (Å²) in [5.41, 5.74) is 3.38. The van der Waals surface area contributed by atoms with Crippen LogP contribution in [0.4, 0.5) is 0 Å². The predicted octanol–water partition coefficient (Wildman–Crippen LogP) is -0.345. The molecule has 1 aliphatic heterocycles. The number of hydrogen-bond donors (Lipinski definition) is 2. The van der Waals surface area contributed by atoms with Crippen molar-refractivity contribution in [2.24, 2.45) is 0 Å². The van der Waals surface area contributed by atoms with Gasteiger partial charge in [-0.2, -0.15) is 0 Å². The Bertz CT molecular complexity index is 210. The molecule has 5 heteroatoms. The Morgan fingerprint density at radius 2 is 2.00 bits per heavy atom. The summed E-state index contributed by atoms with van der Waals surface area (Å²) in [5, 5.41) is 5.55. The molecule has 16 heavy (non-hydrogen) atoms. The Morgan fingerprint density at radius 1 is 1.25 bits per heavy atom. The van der Waals surface area contributed by atoms with Gasteiger partial charge < -0.3 is 10.2 Å². The number of hydrogen-bond acceptors (Lipinski definition) is 4. The van der Waals surface area contributed by atoms with Crippen LogP contribution in [0, 0.1) is 0 Å². The number of amides is 1. The van der Waals surface area contributed by atoms with Crippen molar-refractivity contribution in [1.82, 2.24) is 20.7 Å². The molecular formula is C11H24N4O. The Hall–Kier alpha value is -0.650. The minimum atomic E-state index is 0.166. The van der Waals surface area contributed by atoms with E-state index in [2.05, 4.69) is 22.7 Å². The number of carbonyl (C=O) groups excluding carboxylic acids is 1. The summed E-state index contributed by atoms with van der Waals surface area (Å²) in [5.74, 6) is 0.166. The van der Waals surface area contributed by atoms with Gasteiger partial charge in [0.25, 0.3) is 0 Å². The van der Waals surface area contributed by atoms with E-state index in [0.717, 1.165) is 52.2 Å². The monoisotopic (exact) mass is 228 g/mol. The maximum absolute atomic E-state index is 11.4. The van der Waals surface area contributed by atoms with Crippen molar-refractivity contribution in [2.75, 3.05) is 45.8 Å². The van der Waals surface area contributed by atoms with Crippen LogP contribution in [0.1, 0.15) is 20.3 Å². The molecule has 0 saturated carbocycles. The van der Waals surface area contributed by atoms with E-state index in [0.29, 0.717) is 0 Å². The molecular weight excluding hydrogens is 204 g/mol. The van der Waals surface area contributed by atoms with Crippen molar-refractivity contribution in [2.45, 2.75) is 20.3 Å². The molecule has 0 radical (unpaired) electrons. The van der Waals surface area contributed by atoms with Gasteiger partial charge in [-0.15, -0.1) is 0 Å². The Labute approximate surface area is 98.1 Å². The van der Waals surface area contributed by atoms with Crippen LogP contribution in [0.2, 0.25) is 0 Å². The average molecular weight is 228 g/mol. The highest BCUT2D eigenvalue weighted by molar-refractivity contribution is 5.73. The molecule has 94 valence electrons. The fourth-order valence-electron chi connectivity index (χ4n) is 1.76. The molecule has 0 bridgehead atoms. The second-order valence-corrected chi connectivity index (χ2v) is 4.15. The molecule has 5 nitrogen and oxygen atoms in total. The molecule has 0 atom stereocenters. The topological polar surface area (TPSA) is 47.6 Å². The first-order chi connectivity index (χ1) is 7.74. The minimum Gasteiger partial charge on any atom is -0.340 e. The van der Waals surface area contributed by atoms with Crippen molar-refractivity contribution in [1.29, 1.82) is 0 Å². The van der Waals surface area contributed by atoms with E-state index < -0.39 is 0 Å². The summed E-state index contributed by atoms with van der Waals surface area (Å²) in [6.45, 7) is 10.2. The van der Waals surface area contributed by atoms with E-state index in [9.17, 15) is 4.79 Å². The predicted molar refractivity (Wildman–Crippen MR) is 65.0 cm³/mol. The number of nitrogens with one attached hydrogen (secondary N) is 2. The molecule has 0 aromatic rings. The van der Waals surface area contributed by atoms with Gasteiger partial charge in [-0.3, -0.25) is 10.2 Å². The molecule has 0 aromatic heterocycles. The van der Waals surface area contributed by atoms with Gasteiger partial charge in [0, 0.05) is 52.7 Å². The first-order valence-corrected chi connectivity index (χ1v) is 6.18. The highest BCUT2D eigenvalue weighted by atomic mass is 16.2. The maximum atomic E-state index is 11.4. The summed E-state index contributed by atoms with van der Waals surface area (Å²) in [4.78, 5) is 13.3. The number of hydrazine groups is 1. The molecule has 1 aliphatic rings. The maximum Gasteiger partial charge on any atom is 0.219 e. The Morgan fingerprint density at radius 3 is 2.69 bits per heavy atom. The normalized spacial score (nSPS) is 20.0. The molecule has 0 aromatic carbocycles. The van der Waals surface area contributed by atoms with E-state index in [4.69, 9.17) is 0 Å². The van der Waals surface area contributed by atoms with Gasteiger partial charge in [-0.25, -0.2) is 5.01 Å². The van der Waals surface area contributed by atoms with Gasteiger partial charge in [0.05, 0.1) is 0 Å². The third-order valence-electron chi connectivity index (χ3n) is 2.79. The largest absolute Gasteiger partial charge is 0.340 e. The van der Waals surface area contributed by atoms with Crippen LogP contribution in [0.25, 0.3) is 0 Å². The van der Waals surface area contributed by atoms with E-state index >= 15 is 0 Å². The first-order valence-electron chi connectivity index (χ1n) is 6.18. The van der Waals surface area contributed by atoms with E-state index in [1.807, 2.05) is 4.90 Å². The third-order valence-corrected chi connectivity index (χ3v) is 2.79. The zero-order chi connectivity index (χ0) is 11.8. The van der Waals surface area contributed by atoms with Gasteiger partial charge in [-0.1, -0.05) is 6.92 Å². The Balaban J connectivity index is 2.40. The number of nitrogens with zero attached hydrogens (tertiary/aromatic N) is 2. The van der Waals surface area contributed by atoms with Crippen LogP contribution in [0.15, 0.2) is 0 Å². The van der Waals surface area contributed by atoms with Gasteiger partial charge in [0.1, 0.15) is 0 Å². The molecule has 1 heterocycles. The third kappa shape index (κ3) is 4.92. The lowest BCUT2D eigenvalue weighted by Gasteiger charge is -2.25. The lowest BCUT2D eigenvalue weighted by atomic mass is 10.4. The van der Waals surface area contributed by atoms with Crippen molar-refractivity contribution in [3.8, 4) is 0 Å². The van der Waals surface area contributed by atoms with Gasteiger partial charge in [0.2, 0.25) is 5.91 Å². The molecule has 1 saturated heterocycles. The van der Waals surface area contributed by atoms with Crippen molar-refractivity contribution >= 4 is 5.91 Å². The fraction of sp³-hybridized carbons (Fsp3) is 0.909. The summed E-state index contributed by atoms with van der Waals surface area (Å²) in [6, 6.07) is 0. The molecule has 0 unspecified atom stereocenters.